The van der Waals surface area contributed by atoms with Gasteiger partial charge in [-0.1, -0.05) is 111 Å². The molecular formula is C59H49FGeIrN3O. The Bertz CT molecular complexity index is 3350. The number of aromatic nitrogens is 2. The summed E-state index contributed by atoms with van der Waals surface area (Å²) >= 11 is -1.81. The molecule has 0 unspecified atom stereocenters. The van der Waals surface area contributed by atoms with Crippen LogP contribution in [0.5, 0.6) is 0 Å². The van der Waals surface area contributed by atoms with E-state index in [4.69, 9.17) is 9.40 Å². The molecule has 0 aliphatic carbocycles. The first-order valence-corrected chi connectivity index (χ1v) is 29.5. The Kier molecular flexibility index (Phi) is 13.5. The molecule has 0 atom stereocenters. The topological polar surface area (TPSA) is 54.8 Å². The molecule has 7 heteroatoms. The first kappa shape index (κ1) is 46.2. The van der Waals surface area contributed by atoms with Crippen LogP contribution in [0, 0.1) is 35.3 Å². The van der Waals surface area contributed by atoms with E-state index in [2.05, 4.69) is 171 Å². The van der Waals surface area contributed by atoms with Crippen LogP contribution in [0.2, 0.25) is 17.3 Å². The number of para-hydroxylation sites is 2. The summed E-state index contributed by atoms with van der Waals surface area (Å²) in [6.45, 7) is 9.07. The maximum Gasteiger partial charge on any atom is 3.00 e. The average Bonchev–Trinajstić information content (AvgIpc) is 3.90. The first-order valence-electron chi connectivity index (χ1n) is 22.2. The SMILES string of the molecule is CC(C)c1cc(-c2ccc(-c3ccccc3)cc2)cc(C(C)C)c1-n1c(-c2[c-]ccc3c2oc2cc(C#N)ccc23)nc2ccccc21.[CH3][Ge]([CH3])([CH3])[c]1cc[c-]c(-c2[c-]cc(F)cc2)c1.[Ir+3]. The van der Waals surface area contributed by atoms with Crippen LogP contribution in [0.4, 0.5) is 4.39 Å². The number of rotatable bonds is 8. The van der Waals surface area contributed by atoms with Gasteiger partial charge in [0.05, 0.1) is 34.1 Å². The van der Waals surface area contributed by atoms with Crippen molar-refractivity contribution in [2.45, 2.75) is 56.8 Å². The van der Waals surface area contributed by atoms with Crippen molar-refractivity contribution in [3.8, 4) is 56.5 Å². The summed E-state index contributed by atoms with van der Waals surface area (Å²) in [5, 5.41) is 11.5. The van der Waals surface area contributed by atoms with Crippen molar-refractivity contribution in [2.24, 2.45) is 0 Å². The fraction of sp³-hybridized carbons (Fsp3) is 0.153. The third kappa shape index (κ3) is 9.22. The van der Waals surface area contributed by atoms with E-state index in [0.717, 1.165) is 50.0 Å². The number of nitriles is 1. The molecule has 0 N–H and O–H groups in total. The van der Waals surface area contributed by atoms with Crippen LogP contribution in [0.15, 0.2) is 162 Å². The summed E-state index contributed by atoms with van der Waals surface area (Å²) in [5.74, 6) is 8.08. The van der Waals surface area contributed by atoms with Gasteiger partial charge in [-0.15, -0.1) is 18.2 Å². The first-order chi connectivity index (χ1) is 31.4. The van der Waals surface area contributed by atoms with Gasteiger partial charge in [0.2, 0.25) is 0 Å². The second-order valence-corrected chi connectivity index (χ2v) is 28.9. The Morgan fingerprint density at radius 2 is 1.30 bits per heavy atom. The standard InChI is InChI=1S/C44H34N3O.C15H15FGe.Ir/c1-27(2)37-24-33(32-20-18-31(19-21-32)30-11-6-5-7-12-30)25-38(28(3)4)42(37)47-40-16-9-8-15-39(40)46-44(47)36-14-10-13-35-34-22-17-29(26-45)23-41(34)48-43(35)36;1-17(2,3)15-6-4-5-13(11-15)12-7-9-14(16)10-8-12;/h5-13,15-25,27-28H,1-4H3;4,6-7,9-11H,1-3H3;/q-1;-2;+3. The molecule has 2 heterocycles. The molecule has 2 aromatic heterocycles. The normalized spacial score (nSPS) is 11.5. The minimum absolute atomic E-state index is 0. The van der Waals surface area contributed by atoms with Crippen molar-refractivity contribution in [2.75, 3.05) is 0 Å². The molecule has 0 bridgehead atoms. The molecule has 10 aromatic rings. The van der Waals surface area contributed by atoms with E-state index in [0.29, 0.717) is 16.7 Å². The molecule has 4 nitrogen and oxygen atoms in total. The monoisotopic (exact) mass is 1100 g/mol. The van der Waals surface area contributed by atoms with Gasteiger partial charge in [-0.05, 0) is 81.6 Å². The molecule has 0 radical (unpaired) electrons. The van der Waals surface area contributed by atoms with Gasteiger partial charge < -0.3 is 8.98 Å². The van der Waals surface area contributed by atoms with Crippen LogP contribution < -0.4 is 4.40 Å². The third-order valence-electron chi connectivity index (χ3n) is 12.0. The Balaban J connectivity index is 0.000000278. The van der Waals surface area contributed by atoms with Gasteiger partial charge in [0.15, 0.2) is 0 Å². The Morgan fingerprint density at radius 3 is 1.95 bits per heavy atom. The second kappa shape index (κ2) is 19.2. The Labute approximate surface area is 403 Å². The van der Waals surface area contributed by atoms with Gasteiger partial charge in [0, 0.05) is 11.1 Å². The van der Waals surface area contributed by atoms with Gasteiger partial charge in [-0.3, -0.25) is 4.98 Å². The number of furan rings is 1. The molecule has 0 fully saturated rings. The molecule has 0 amide bonds. The van der Waals surface area contributed by atoms with Gasteiger partial charge in [0.25, 0.3) is 0 Å². The largest absolute Gasteiger partial charge is 3.00 e. The smallest absolute Gasteiger partial charge is 3.00 e. The fourth-order valence-electron chi connectivity index (χ4n) is 8.53. The molecule has 0 spiro atoms. The van der Waals surface area contributed by atoms with Crippen molar-refractivity contribution >= 4 is 50.6 Å². The zero-order valence-electron chi connectivity index (χ0n) is 38.1. The Hall–Kier alpha value is -6.36. The molecule has 0 aliphatic rings. The van der Waals surface area contributed by atoms with E-state index in [9.17, 15) is 9.65 Å². The summed E-state index contributed by atoms with van der Waals surface area (Å²) in [4.78, 5) is 5.25. The van der Waals surface area contributed by atoms with Crippen molar-refractivity contribution in [3.05, 3.63) is 198 Å². The van der Waals surface area contributed by atoms with Crippen LogP contribution in [0.1, 0.15) is 56.2 Å². The van der Waals surface area contributed by atoms with Crippen LogP contribution in [0.25, 0.3) is 83.4 Å². The van der Waals surface area contributed by atoms with Crippen LogP contribution in [-0.2, 0) is 20.1 Å². The van der Waals surface area contributed by atoms with Gasteiger partial charge in [-0.2, -0.15) is 5.26 Å². The van der Waals surface area contributed by atoms with Crippen molar-refractivity contribution < 1.29 is 28.9 Å². The summed E-state index contributed by atoms with van der Waals surface area (Å²) in [7, 11) is 0. The second-order valence-electron chi connectivity index (χ2n) is 18.2. The average molecular weight is 1100 g/mol. The predicted molar refractivity (Wildman–Crippen MR) is 269 cm³/mol. The molecule has 0 saturated heterocycles. The quantitative estimate of drug-likeness (QED) is 0.113. The zero-order valence-corrected chi connectivity index (χ0v) is 42.6. The van der Waals surface area contributed by atoms with Crippen LogP contribution in [0.3, 0.4) is 0 Å². The van der Waals surface area contributed by atoms with Gasteiger partial charge in [-0.25, -0.2) is 0 Å². The fourth-order valence-corrected chi connectivity index (χ4v) is 11.0. The van der Waals surface area contributed by atoms with E-state index >= 15 is 0 Å². The third-order valence-corrected chi connectivity index (χ3v) is 16.3. The minimum Gasteiger partial charge on any atom is 3.00 e. The maximum atomic E-state index is 12.8. The van der Waals surface area contributed by atoms with Crippen molar-refractivity contribution in [1.82, 2.24) is 9.55 Å². The van der Waals surface area contributed by atoms with Crippen LogP contribution >= 0.6 is 0 Å². The number of fused-ring (bicyclic) bond motifs is 4. The van der Waals surface area contributed by atoms with E-state index in [1.54, 1.807) is 12.1 Å². The number of hydrogen-bond donors (Lipinski definition) is 0. The van der Waals surface area contributed by atoms with Gasteiger partial charge in [0.1, 0.15) is 5.58 Å². The molecule has 0 aliphatic heterocycles. The Morgan fingerprint density at radius 1 is 0.652 bits per heavy atom. The predicted octanol–water partition coefficient (Wildman–Crippen LogP) is 15.5. The van der Waals surface area contributed by atoms with Gasteiger partial charge >= 0.3 is 125 Å². The minimum atomic E-state index is -1.81. The molecule has 10 rings (SSSR count). The summed E-state index contributed by atoms with van der Waals surface area (Å²) in [6.07, 6.45) is 0. The van der Waals surface area contributed by atoms with Crippen LogP contribution in [-0.4, -0.2) is 22.8 Å². The number of benzene rings is 8. The van der Waals surface area contributed by atoms with E-state index in [1.165, 1.54) is 49.9 Å². The van der Waals surface area contributed by atoms with Crippen molar-refractivity contribution in [1.29, 1.82) is 5.26 Å². The van der Waals surface area contributed by atoms with E-state index < -0.39 is 13.3 Å². The number of hydrogen-bond acceptors (Lipinski definition) is 3. The maximum absolute atomic E-state index is 12.8. The number of nitrogens with zero attached hydrogens (tertiary/aromatic N) is 3. The molecule has 326 valence electrons. The van der Waals surface area contributed by atoms with E-state index in [1.807, 2.05) is 36.4 Å². The summed E-state index contributed by atoms with van der Waals surface area (Å²) in [6, 6.07) is 64.8. The molecular weight excluding hydrogens is 1050 g/mol. The molecule has 8 aromatic carbocycles. The zero-order chi connectivity index (χ0) is 45.4. The number of halogens is 1. The molecule has 0 saturated carbocycles. The van der Waals surface area contributed by atoms with Crippen molar-refractivity contribution in [3.63, 3.8) is 0 Å². The number of imidazole rings is 1. The summed E-state index contributed by atoms with van der Waals surface area (Å²) in [5.41, 5.74) is 15.1. The molecule has 66 heavy (non-hydrogen) atoms. The summed E-state index contributed by atoms with van der Waals surface area (Å²) < 4.78 is 23.1. The van der Waals surface area contributed by atoms with E-state index in [-0.39, 0.29) is 37.8 Å².